The lowest BCUT2D eigenvalue weighted by Gasteiger charge is -2.15. The second kappa shape index (κ2) is 5.97. The Hall–Kier alpha value is -1.69. The molecule has 104 valence electrons. The maximum atomic E-state index is 13.0. The van der Waals surface area contributed by atoms with Crippen molar-refractivity contribution in [3.05, 3.63) is 41.2 Å². The highest BCUT2D eigenvalue weighted by atomic mass is 19.4. The van der Waals surface area contributed by atoms with E-state index in [0.717, 1.165) is 12.1 Å². The van der Waals surface area contributed by atoms with Crippen LogP contribution in [0.3, 0.4) is 0 Å². The third kappa shape index (κ3) is 3.64. The number of hydrogen-bond donors (Lipinski definition) is 1. The van der Waals surface area contributed by atoms with Crippen LogP contribution in [-0.2, 0) is 6.18 Å². The van der Waals surface area contributed by atoms with Crippen LogP contribution in [0.4, 0.5) is 17.6 Å². The summed E-state index contributed by atoms with van der Waals surface area (Å²) in [6.07, 6.45) is -3.13. The van der Waals surface area contributed by atoms with Gasteiger partial charge >= 0.3 is 6.18 Å². The first-order valence-electron chi connectivity index (χ1n) is 5.56. The molecular formula is C13H14F4N2. The van der Waals surface area contributed by atoms with Crippen LogP contribution in [0.5, 0.6) is 0 Å². The van der Waals surface area contributed by atoms with Gasteiger partial charge in [-0.15, -0.1) is 0 Å². The minimum Gasteiger partial charge on any atom is -0.312 e. The lowest BCUT2D eigenvalue weighted by Crippen LogP contribution is -2.12. The smallest absolute Gasteiger partial charge is 0.312 e. The molecule has 0 spiro atoms. The Balaban J connectivity index is 3.46. The fourth-order valence-corrected chi connectivity index (χ4v) is 1.77. The molecule has 0 saturated heterocycles. The number of nitrogens with zero attached hydrogens (tertiary/aromatic N) is 1. The van der Waals surface area contributed by atoms with Crippen molar-refractivity contribution in [1.29, 1.82) is 0 Å². The minimum absolute atomic E-state index is 0.0221. The number of halogens is 4. The van der Waals surface area contributed by atoms with Gasteiger partial charge in [-0.25, -0.2) is 4.39 Å². The molecule has 0 aliphatic carbocycles. The van der Waals surface area contributed by atoms with Crippen molar-refractivity contribution in [3.63, 3.8) is 0 Å². The summed E-state index contributed by atoms with van der Waals surface area (Å²) in [5.41, 5.74) is 4.79. The van der Waals surface area contributed by atoms with Gasteiger partial charge in [-0.1, -0.05) is 12.1 Å². The van der Waals surface area contributed by atoms with Gasteiger partial charge < -0.3 is 5.73 Å². The molecule has 2 N–H and O–H groups in total. The Morgan fingerprint density at radius 3 is 2.47 bits per heavy atom. The summed E-state index contributed by atoms with van der Waals surface area (Å²) in [7, 11) is 0. The molecule has 1 aromatic carbocycles. The number of aliphatic imine (C=N–C) groups is 1. The number of alkyl halides is 3. The highest BCUT2D eigenvalue weighted by molar-refractivity contribution is 6.23. The molecule has 0 unspecified atom stereocenters. The van der Waals surface area contributed by atoms with Crippen LogP contribution in [0.2, 0.25) is 0 Å². The summed E-state index contributed by atoms with van der Waals surface area (Å²) in [4.78, 5) is 3.88. The van der Waals surface area contributed by atoms with Crippen LogP contribution in [0.15, 0.2) is 29.3 Å². The summed E-state index contributed by atoms with van der Waals surface area (Å²) in [5, 5.41) is 0. The molecule has 19 heavy (non-hydrogen) atoms. The van der Waals surface area contributed by atoms with Crippen LogP contribution in [-0.4, -0.2) is 12.4 Å². The zero-order chi connectivity index (χ0) is 14.6. The SMILES string of the molecule is C/C=C(\C(C)=N\CN)c1ccc(F)cc1C(F)(F)F. The van der Waals surface area contributed by atoms with E-state index in [-0.39, 0.29) is 17.8 Å². The number of allylic oxidation sites excluding steroid dienone is 2. The topological polar surface area (TPSA) is 38.4 Å². The van der Waals surface area contributed by atoms with E-state index < -0.39 is 17.6 Å². The number of benzene rings is 1. The maximum Gasteiger partial charge on any atom is 0.417 e. The van der Waals surface area contributed by atoms with E-state index in [4.69, 9.17) is 5.73 Å². The highest BCUT2D eigenvalue weighted by Crippen LogP contribution is 2.35. The Labute approximate surface area is 108 Å². The first kappa shape index (κ1) is 15.4. The van der Waals surface area contributed by atoms with E-state index in [9.17, 15) is 17.6 Å². The highest BCUT2D eigenvalue weighted by Gasteiger charge is 2.34. The van der Waals surface area contributed by atoms with Gasteiger partial charge in [0.15, 0.2) is 0 Å². The van der Waals surface area contributed by atoms with E-state index in [1.54, 1.807) is 13.8 Å². The van der Waals surface area contributed by atoms with Crippen LogP contribution in [0, 0.1) is 5.82 Å². The Bertz CT molecular complexity index is 516. The van der Waals surface area contributed by atoms with Gasteiger partial charge in [0.1, 0.15) is 5.82 Å². The van der Waals surface area contributed by atoms with E-state index in [1.807, 2.05) is 0 Å². The van der Waals surface area contributed by atoms with E-state index >= 15 is 0 Å². The van der Waals surface area contributed by atoms with Gasteiger partial charge in [0.2, 0.25) is 0 Å². The first-order chi connectivity index (χ1) is 8.81. The van der Waals surface area contributed by atoms with Gasteiger partial charge in [-0.05, 0) is 37.1 Å². The molecule has 0 aliphatic rings. The Kier molecular flexibility index (Phi) is 4.83. The lowest BCUT2D eigenvalue weighted by atomic mass is 9.96. The molecule has 0 bridgehead atoms. The largest absolute Gasteiger partial charge is 0.417 e. The van der Waals surface area contributed by atoms with Gasteiger partial charge in [0, 0.05) is 5.71 Å². The van der Waals surface area contributed by atoms with E-state index in [1.165, 1.54) is 6.08 Å². The lowest BCUT2D eigenvalue weighted by molar-refractivity contribution is -0.137. The summed E-state index contributed by atoms with van der Waals surface area (Å²) < 4.78 is 51.8. The van der Waals surface area contributed by atoms with Gasteiger partial charge in [0.05, 0.1) is 12.2 Å². The summed E-state index contributed by atoms with van der Waals surface area (Å²) in [5.74, 6) is -0.931. The van der Waals surface area contributed by atoms with Gasteiger partial charge in [-0.3, -0.25) is 4.99 Å². The fourth-order valence-electron chi connectivity index (χ4n) is 1.77. The number of rotatable bonds is 3. The van der Waals surface area contributed by atoms with Crippen LogP contribution >= 0.6 is 0 Å². The molecule has 0 amide bonds. The molecule has 1 aromatic rings. The molecule has 0 atom stereocenters. The van der Waals surface area contributed by atoms with Crippen LogP contribution in [0.1, 0.15) is 25.0 Å². The molecule has 0 fully saturated rings. The summed E-state index contributed by atoms with van der Waals surface area (Å²) in [6, 6.07) is 2.57. The molecule has 0 heterocycles. The molecule has 0 aliphatic heterocycles. The second-order valence-electron chi connectivity index (χ2n) is 3.82. The zero-order valence-corrected chi connectivity index (χ0v) is 10.6. The quantitative estimate of drug-likeness (QED) is 0.663. The molecule has 0 radical (unpaired) electrons. The minimum atomic E-state index is -4.63. The van der Waals surface area contributed by atoms with Crippen LogP contribution < -0.4 is 5.73 Å². The average molecular weight is 274 g/mol. The summed E-state index contributed by atoms with van der Waals surface area (Å²) >= 11 is 0. The Morgan fingerprint density at radius 2 is 2.00 bits per heavy atom. The molecule has 2 nitrogen and oxygen atoms in total. The molecule has 6 heteroatoms. The van der Waals surface area contributed by atoms with E-state index in [0.29, 0.717) is 11.8 Å². The Morgan fingerprint density at radius 1 is 1.37 bits per heavy atom. The van der Waals surface area contributed by atoms with E-state index in [2.05, 4.69) is 4.99 Å². The van der Waals surface area contributed by atoms with Crippen molar-refractivity contribution in [1.82, 2.24) is 0 Å². The predicted octanol–water partition coefficient (Wildman–Crippen LogP) is 3.62. The fraction of sp³-hybridized carbons (Fsp3) is 0.308. The second-order valence-corrected chi connectivity index (χ2v) is 3.82. The number of nitrogens with two attached hydrogens (primary N) is 1. The van der Waals surface area contributed by atoms with Crippen molar-refractivity contribution in [2.45, 2.75) is 20.0 Å². The van der Waals surface area contributed by atoms with Crippen molar-refractivity contribution >= 4 is 11.3 Å². The zero-order valence-electron chi connectivity index (χ0n) is 10.6. The van der Waals surface area contributed by atoms with Crippen molar-refractivity contribution in [3.8, 4) is 0 Å². The van der Waals surface area contributed by atoms with Crippen LogP contribution in [0.25, 0.3) is 5.57 Å². The first-order valence-corrected chi connectivity index (χ1v) is 5.56. The third-order valence-corrected chi connectivity index (χ3v) is 2.58. The van der Waals surface area contributed by atoms with Crippen molar-refractivity contribution in [2.24, 2.45) is 10.7 Å². The standard InChI is InChI=1S/C13H14F4N2/c1-3-10(8(2)19-7-18)11-5-4-9(14)6-12(11)13(15,16)17/h3-6H,7,18H2,1-2H3/b10-3+,19-8+. The van der Waals surface area contributed by atoms with Gasteiger partial charge in [0.25, 0.3) is 0 Å². The monoisotopic (exact) mass is 274 g/mol. The molecule has 0 aromatic heterocycles. The maximum absolute atomic E-state index is 13.0. The average Bonchev–Trinajstić information content (AvgIpc) is 2.31. The van der Waals surface area contributed by atoms with Crippen molar-refractivity contribution in [2.75, 3.05) is 6.67 Å². The third-order valence-electron chi connectivity index (χ3n) is 2.58. The number of hydrogen-bond acceptors (Lipinski definition) is 2. The normalized spacial score (nSPS) is 13.8. The van der Waals surface area contributed by atoms with Gasteiger partial charge in [-0.2, -0.15) is 13.2 Å². The van der Waals surface area contributed by atoms with Crippen molar-refractivity contribution < 1.29 is 17.6 Å². The molecular weight excluding hydrogens is 260 g/mol. The predicted molar refractivity (Wildman–Crippen MR) is 67.2 cm³/mol. The summed E-state index contributed by atoms with van der Waals surface area (Å²) in [6.45, 7) is 3.13. The molecule has 0 saturated carbocycles. The molecule has 1 rings (SSSR count).